The molecule has 1 unspecified atom stereocenters. The fraction of sp³-hybridized carbons (Fsp3) is 0.526. The van der Waals surface area contributed by atoms with E-state index in [1.54, 1.807) is 0 Å². The van der Waals surface area contributed by atoms with Crippen molar-refractivity contribution in [3.8, 4) is 0 Å². The number of alkyl halides is 3. The number of hydrogen-bond donors (Lipinski definition) is 2. The van der Waals surface area contributed by atoms with Crippen LogP contribution in [-0.4, -0.2) is 21.0 Å². The molecule has 0 amide bonds. The van der Waals surface area contributed by atoms with E-state index in [1.165, 1.54) is 31.6 Å². The third kappa shape index (κ3) is 4.67. The van der Waals surface area contributed by atoms with E-state index in [0.29, 0.717) is 22.9 Å². The summed E-state index contributed by atoms with van der Waals surface area (Å²) in [6, 6.07) is 1.57. The molecule has 8 heteroatoms. The fourth-order valence-electron chi connectivity index (χ4n) is 3.27. The average Bonchev–Trinajstić information content (AvgIpc) is 2.58. The second-order valence-electron chi connectivity index (χ2n) is 7.31. The summed E-state index contributed by atoms with van der Waals surface area (Å²) in [5.41, 5.74) is 0.655. The predicted octanol–water partition coefficient (Wildman–Crippen LogP) is 4.84. The van der Waals surface area contributed by atoms with Gasteiger partial charge in [-0.1, -0.05) is 6.92 Å². The Bertz CT molecular complexity index is 785. The first-order chi connectivity index (χ1) is 12.7. The largest absolute Gasteiger partial charge is 0.367 e. The molecule has 5 nitrogen and oxygen atoms in total. The molecule has 0 aliphatic heterocycles. The molecule has 1 aliphatic rings. The van der Waals surface area contributed by atoms with Crippen molar-refractivity contribution in [2.45, 2.75) is 58.3 Å². The first kappa shape index (κ1) is 19.4. The Balaban J connectivity index is 1.76. The Kier molecular flexibility index (Phi) is 5.53. The van der Waals surface area contributed by atoms with Gasteiger partial charge in [0.05, 0.1) is 0 Å². The van der Waals surface area contributed by atoms with Crippen LogP contribution in [0.4, 0.5) is 24.9 Å². The highest BCUT2D eigenvalue weighted by Gasteiger charge is 2.28. The molecule has 1 fully saturated rings. The molecule has 0 bridgehead atoms. The molecule has 0 saturated heterocycles. The molecule has 1 aliphatic carbocycles. The summed E-state index contributed by atoms with van der Waals surface area (Å²) in [4.78, 5) is 12.4. The Morgan fingerprint density at radius 1 is 1.30 bits per heavy atom. The minimum atomic E-state index is -2.97. The Hall–Kier alpha value is -2.38. The molecule has 0 spiro atoms. The van der Waals surface area contributed by atoms with Gasteiger partial charge in [0.15, 0.2) is 0 Å². The molecule has 2 aromatic rings. The van der Waals surface area contributed by atoms with Crippen LogP contribution in [-0.2, 0) is 12.5 Å². The van der Waals surface area contributed by atoms with E-state index in [1.807, 2.05) is 0 Å². The van der Waals surface area contributed by atoms with Crippen LogP contribution in [0.3, 0.4) is 0 Å². The van der Waals surface area contributed by atoms with Crippen molar-refractivity contribution < 1.29 is 13.2 Å². The van der Waals surface area contributed by atoms with Crippen molar-refractivity contribution in [1.29, 1.82) is 0 Å². The van der Waals surface area contributed by atoms with Gasteiger partial charge in [-0.3, -0.25) is 4.98 Å². The van der Waals surface area contributed by atoms with E-state index in [0.717, 1.165) is 19.8 Å². The van der Waals surface area contributed by atoms with Gasteiger partial charge in [-0.15, -0.1) is 0 Å². The predicted molar refractivity (Wildman–Crippen MR) is 98.5 cm³/mol. The van der Waals surface area contributed by atoms with Gasteiger partial charge in [-0.2, -0.15) is 4.98 Å². The minimum Gasteiger partial charge on any atom is -0.367 e. The minimum absolute atomic E-state index is 0.0943. The zero-order valence-electron chi connectivity index (χ0n) is 15.6. The van der Waals surface area contributed by atoms with E-state index < -0.39 is 12.1 Å². The van der Waals surface area contributed by atoms with Crippen LogP contribution in [0.2, 0.25) is 0 Å². The topological polar surface area (TPSA) is 62.7 Å². The van der Waals surface area contributed by atoms with Gasteiger partial charge in [-0.05, 0) is 37.3 Å². The van der Waals surface area contributed by atoms with Crippen molar-refractivity contribution in [3.63, 3.8) is 0 Å². The number of aromatic nitrogens is 3. The summed E-state index contributed by atoms with van der Waals surface area (Å²) in [6.45, 7) is 4.54. The highest BCUT2D eigenvalue weighted by Crippen LogP contribution is 2.32. The lowest BCUT2D eigenvalue weighted by Crippen LogP contribution is -2.34. The number of nitrogens with one attached hydrogen (secondary N) is 2. The van der Waals surface area contributed by atoms with Crippen molar-refractivity contribution in [1.82, 2.24) is 15.0 Å². The Morgan fingerprint density at radius 2 is 2.04 bits per heavy atom. The highest BCUT2D eigenvalue weighted by molar-refractivity contribution is 5.49. The average molecular weight is 379 g/mol. The normalized spacial score (nSPS) is 20.7. The van der Waals surface area contributed by atoms with Crippen LogP contribution in [0.15, 0.2) is 24.7 Å². The van der Waals surface area contributed by atoms with Crippen molar-refractivity contribution in [3.05, 3.63) is 41.3 Å². The molecule has 2 N–H and O–H groups in total. The maximum Gasteiger partial charge on any atom is 0.270 e. The molecule has 27 heavy (non-hydrogen) atoms. The number of hydrogen-bond acceptors (Lipinski definition) is 5. The van der Waals surface area contributed by atoms with Gasteiger partial charge in [-0.25, -0.2) is 18.2 Å². The molecule has 2 aromatic heterocycles. The molecular weight excluding hydrogens is 355 g/mol. The van der Waals surface area contributed by atoms with Gasteiger partial charge in [0.1, 0.15) is 12.0 Å². The first-order valence-corrected chi connectivity index (χ1v) is 9.06. The van der Waals surface area contributed by atoms with Gasteiger partial charge < -0.3 is 10.6 Å². The van der Waals surface area contributed by atoms with E-state index in [9.17, 15) is 13.2 Å². The molecular formula is C19H24F3N5. The van der Waals surface area contributed by atoms with Crippen LogP contribution in [0.1, 0.15) is 56.5 Å². The summed E-state index contributed by atoms with van der Waals surface area (Å²) < 4.78 is 41.3. The summed E-state index contributed by atoms with van der Waals surface area (Å²) >= 11 is 0. The molecule has 2 heterocycles. The van der Waals surface area contributed by atoms with Crippen molar-refractivity contribution in [2.24, 2.45) is 5.92 Å². The zero-order chi connectivity index (χ0) is 19.6. The SMILES string of the molecule is CC1CC(Nc2nc(NCc3cnccc3C(C)(F)F)ncc2C(C)F)C1. The second-order valence-corrected chi connectivity index (χ2v) is 7.31. The summed E-state index contributed by atoms with van der Waals surface area (Å²) in [5.74, 6) is -1.62. The summed E-state index contributed by atoms with van der Waals surface area (Å²) in [5, 5.41) is 6.21. The maximum atomic E-state index is 13.9. The molecule has 0 aromatic carbocycles. The maximum absolute atomic E-state index is 13.9. The third-order valence-electron chi connectivity index (χ3n) is 4.77. The van der Waals surface area contributed by atoms with Gasteiger partial charge >= 0.3 is 0 Å². The van der Waals surface area contributed by atoms with Gasteiger partial charge in [0.25, 0.3) is 5.92 Å². The lowest BCUT2D eigenvalue weighted by molar-refractivity contribution is 0.0165. The standard InChI is InChI=1S/C19H24F3N5/c1-11-6-14(7-11)26-17-15(12(2)20)10-25-18(27-17)24-9-13-8-23-5-4-16(13)19(3,21)22/h4-5,8,10-12,14H,6-7,9H2,1-3H3,(H2,24,25,26,27). The van der Waals surface area contributed by atoms with Crippen LogP contribution in [0, 0.1) is 5.92 Å². The number of anilines is 2. The van der Waals surface area contributed by atoms with Crippen LogP contribution >= 0.6 is 0 Å². The number of pyridine rings is 1. The van der Waals surface area contributed by atoms with Gasteiger partial charge in [0.2, 0.25) is 5.95 Å². The van der Waals surface area contributed by atoms with Crippen LogP contribution < -0.4 is 10.6 Å². The molecule has 3 rings (SSSR count). The molecule has 1 atom stereocenters. The highest BCUT2D eigenvalue weighted by atomic mass is 19.3. The monoisotopic (exact) mass is 379 g/mol. The molecule has 146 valence electrons. The second kappa shape index (κ2) is 7.70. The molecule has 1 saturated carbocycles. The van der Waals surface area contributed by atoms with E-state index in [4.69, 9.17) is 0 Å². The van der Waals surface area contributed by atoms with E-state index >= 15 is 0 Å². The fourth-order valence-corrected chi connectivity index (χ4v) is 3.27. The van der Waals surface area contributed by atoms with E-state index in [-0.39, 0.29) is 24.1 Å². The Labute approximate surface area is 156 Å². The quantitative estimate of drug-likeness (QED) is 0.721. The summed E-state index contributed by atoms with van der Waals surface area (Å²) in [7, 11) is 0. The van der Waals surface area contributed by atoms with Crippen LogP contribution in [0.5, 0.6) is 0 Å². The van der Waals surface area contributed by atoms with Crippen molar-refractivity contribution in [2.75, 3.05) is 10.6 Å². The van der Waals surface area contributed by atoms with Gasteiger partial charge in [0, 0.05) is 49.2 Å². The Morgan fingerprint density at radius 3 is 2.67 bits per heavy atom. The lowest BCUT2D eigenvalue weighted by atomic mass is 9.82. The lowest BCUT2D eigenvalue weighted by Gasteiger charge is -2.34. The van der Waals surface area contributed by atoms with E-state index in [2.05, 4.69) is 32.5 Å². The number of halogens is 3. The zero-order valence-corrected chi connectivity index (χ0v) is 15.6. The van der Waals surface area contributed by atoms with Crippen molar-refractivity contribution >= 4 is 11.8 Å². The number of rotatable bonds is 7. The molecule has 0 radical (unpaired) electrons. The number of nitrogens with zero attached hydrogens (tertiary/aromatic N) is 3. The smallest absolute Gasteiger partial charge is 0.270 e. The first-order valence-electron chi connectivity index (χ1n) is 9.06. The third-order valence-corrected chi connectivity index (χ3v) is 4.77. The summed E-state index contributed by atoms with van der Waals surface area (Å²) in [6.07, 6.45) is 4.99. The van der Waals surface area contributed by atoms with Crippen LogP contribution in [0.25, 0.3) is 0 Å².